The number of hydrogen-bond donors (Lipinski definition) is 0. The predicted octanol–water partition coefficient (Wildman–Crippen LogP) is 3.87. The summed E-state index contributed by atoms with van der Waals surface area (Å²) in [7, 11) is 0. The molecule has 0 aliphatic rings. The third-order valence-corrected chi connectivity index (χ3v) is 3.55. The Kier molecular flexibility index (Phi) is 4.46. The number of alkyl halides is 3. The van der Waals surface area contributed by atoms with Crippen LogP contribution in [0.15, 0.2) is 28.0 Å². The molecule has 0 atom stereocenters. The van der Waals surface area contributed by atoms with Crippen LogP contribution in [0.5, 0.6) is 0 Å². The first-order chi connectivity index (χ1) is 9.01. The summed E-state index contributed by atoms with van der Waals surface area (Å²) in [4.78, 5) is 0. The van der Waals surface area contributed by atoms with Crippen LogP contribution in [0.1, 0.15) is 13.3 Å². The van der Waals surface area contributed by atoms with Gasteiger partial charge in [-0.05, 0) is 30.7 Å². The molecule has 8 heteroatoms. The minimum absolute atomic E-state index is 0.173. The molecule has 0 unspecified atom stereocenters. The summed E-state index contributed by atoms with van der Waals surface area (Å²) in [6.07, 6.45) is 1.14. The van der Waals surface area contributed by atoms with Crippen molar-refractivity contribution in [3.8, 4) is 11.6 Å². The van der Waals surface area contributed by atoms with Crippen molar-refractivity contribution in [3.63, 3.8) is 0 Å². The summed E-state index contributed by atoms with van der Waals surface area (Å²) in [5, 5.41) is 5.42. The fourth-order valence-corrected chi connectivity index (χ4v) is 2.74. The molecular formula is C11H12ClF2N3OS. The highest BCUT2D eigenvalue weighted by molar-refractivity contribution is 7.99. The van der Waals surface area contributed by atoms with Crippen LogP contribution in [-0.4, -0.2) is 25.9 Å². The Labute approximate surface area is 118 Å². The molecule has 2 aromatic heterocycles. The second kappa shape index (κ2) is 5.92. The number of hydrogen-bond acceptors (Lipinski definition) is 4. The van der Waals surface area contributed by atoms with E-state index in [0.717, 1.165) is 0 Å². The molecule has 0 aromatic carbocycles. The minimum atomic E-state index is -3.17. The molecule has 0 aliphatic heterocycles. The molecule has 19 heavy (non-hydrogen) atoms. The number of aromatic nitrogens is 3. The summed E-state index contributed by atoms with van der Waals surface area (Å²) >= 11 is 6.05. The first-order valence-electron chi connectivity index (χ1n) is 5.68. The zero-order chi connectivity index (χ0) is 13.9. The molecule has 0 saturated carbocycles. The number of furan rings is 1. The first kappa shape index (κ1) is 14.3. The summed E-state index contributed by atoms with van der Waals surface area (Å²) in [6.45, 7) is 2.55. The molecule has 2 aromatic rings. The molecule has 2 heterocycles. The third kappa shape index (κ3) is 3.70. The summed E-state index contributed by atoms with van der Waals surface area (Å²) in [5.41, 5.74) is 0. The van der Waals surface area contributed by atoms with E-state index in [0.29, 0.717) is 23.3 Å². The lowest BCUT2D eigenvalue weighted by Crippen LogP contribution is -2.07. The highest BCUT2D eigenvalue weighted by Gasteiger charge is 2.24. The van der Waals surface area contributed by atoms with Gasteiger partial charge in [-0.3, -0.25) is 4.57 Å². The van der Waals surface area contributed by atoms with Gasteiger partial charge in [0.1, 0.15) is 0 Å². The molecule has 0 spiro atoms. The van der Waals surface area contributed by atoms with Crippen LogP contribution in [0, 0.1) is 0 Å². The van der Waals surface area contributed by atoms with Crippen molar-refractivity contribution in [3.05, 3.63) is 18.4 Å². The van der Waals surface area contributed by atoms with Crippen molar-refractivity contribution in [2.24, 2.45) is 0 Å². The second-order valence-corrected chi connectivity index (χ2v) is 5.36. The van der Waals surface area contributed by atoms with Crippen LogP contribution in [0.3, 0.4) is 0 Å². The van der Waals surface area contributed by atoms with Crippen LogP contribution in [-0.2, 0) is 6.54 Å². The Bertz CT molecular complexity index is 525. The average Bonchev–Trinajstić information content (AvgIpc) is 2.94. The Hall–Kier alpha value is -1.08. The van der Waals surface area contributed by atoms with E-state index in [1.54, 1.807) is 18.4 Å². The number of halogens is 3. The zero-order valence-corrected chi connectivity index (χ0v) is 11.7. The van der Waals surface area contributed by atoms with Gasteiger partial charge in [0.05, 0.1) is 6.26 Å². The Morgan fingerprint density at radius 2 is 2.26 bits per heavy atom. The maximum absolute atomic E-state index is 12.5. The number of nitrogens with zero attached hydrogens (tertiary/aromatic N) is 3. The van der Waals surface area contributed by atoms with Crippen LogP contribution < -0.4 is 0 Å². The van der Waals surface area contributed by atoms with Gasteiger partial charge in [0.15, 0.2) is 16.7 Å². The molecule has 4 nitrogen and oxygen atoms in total. The van der Waals surface area contributed by atoms with Gasteiger partial charge in [-0.2, -0.15) is 8.78 Å². The van der Waals surface area contributed by atoms with E-state index in [4.69, 9.17) is 16.0 Å². The zero-order valence-electron chi connectivity index (χ0n) is 10.1. The average molecular weight is 308 g/mol. The van der Waals surface area contributed by atoms with Gasteiger partial charge >= 0.3 is 5.38 Å². The van der Waals surface area contributed by atoms with Crippen molar-refractivity contribution in [1.29, 1.82) is 0 Å². The maximum Gasteiger partial charge on any atom is 0.322 e. The molecule has 0 N–H and O–H groups in total. The van der Waals surface area contributed by atoms with Gasteiger partial charge in [0.2, 0.25) is 0 Å². The third-order valence-electron chi connectivity index (χ3n) is 2.39. The van der Waals surface area contributed by atoms with Gasteiger partial charge in [-0.1, -0.05) is 11.8 Å². The fraction of sp³-hybridized carbons (Fsp3) is 0.455. The summed E-state index contributed by atoms with van der Waals surface area (Å²) in [5.74, 6) is 1.36. The van der Waals surface area contributed by atoms with E-state index in [1.165, 1.54) is 11.8 Å². The number of thioether (sulfide) groups is 1. The van der Waals surface area contributed by atoms with Gasteiger partial charge in [0, 0.05) is 18.7 Å². The van der Waals surface area contributed by atoms with Crippen molar-refractivity contribution < 1.29 is 13.2 Å². The van der Waals surface area contributed by atoms with Crippen LogP contribution in [0.2, 0.25) is 0 Å². The van der Waals surface area contributed by atoms with Crippen LogP contribution >= 0.6 is 23.4 Å². The van der Waals surface area contributed by atoms with Crippen LogP contribution in [0.4, 0.5) is 8.78 Å². The molecule has 104 valence electrons. The molecule has 2 rings (SSSR count). The van der Waals surface area contributed by atoms with Gasteiger partial charge in [-0.25, -0.2) is 0 Å². The molecule has 0 fully saturated rings. The lowest BCUT2D eigenvalue weighted by Gasteiger charge is -2.08. The van der Waals surface area contributed by atoms with Crippen molar-refractivity contribution >= 4 is 23.4 Å². The highest BCUT2D eigenvalue weighted by Crippen LogP contribution is 2.29. The van der Waals surface area contributed by atoms with E-state index in [9.17, 15) is 8.78 Å². The van der Waals surface area contributed by atoms with Gasteiger partial charge in [-0.15, -0.1) is 10.2 Å². The lowest BCUT2D eigenvalue weighted by molar-refractivity contribution is 0.0934. The van der Waals surface area contributed by atoms with E-state index in [1.807, 2.05) is 11.5 Å². The van der Waals surface area contributed by atoms with E-state index < -0.39 is 11.8 Å². The van der Waals surface area contributed by atoms with Crippen molar-refractivity contribution in [2.75, 3.05) is 5.75 Å². The molecule has 0 amide bonds. The maximum atomic E-state index is 12.5. The lowest BCUT2D eigenvalue weighted by atomic mass is 10.4. The van der Waals surface area contributed by atoms with Crippen LogP contribution in [0.25, 0.3) is 11.6 Å². The van der Waals surface area contributed by atoms with Crippen molar-refractivity contribution in [1.82, 2.24) is 14.8 Å². The predicted molar refractivity (Wildman–Crippen MR) is 69.5 cm³/mol. The largest absolute Gasteiger partial charge is 0.461 e. The van der Waals surface area contributed by atoms with Gasteiger partial charge < -0.3 is 4.42 Å². The van der Waals surface area contributed by atoms with E-state index in [2.05, 4.69) is 10.2 Å². The Morgan fingerprint density at radius 1 is 1.47 bits per heavy atom. The normalized spacial score (nSPS) is 12.0. The van der Waals surface area contributed by atoms with E-state index >= 15 is 0 Å². The number of rotatable bonds is 6. The Morgan fingerprint density at radius 3 is 2.84 bits per heavy atom. The summed E-state index contributed by atoms with van der Waals surface area (Å²) < 4.78 is 32.1. The fourth-order valence-electron chi connectivity index (χ4n) is 1.53. The topological polar surface area (TPSA) is 43.9 Å². The van der Waals surface area contributed by atoms with Crippen molar-refractivity contribution in [2.45, 2.75) is 30.4 Å². The minimum Gasteiger partial charge on any atom is -0.461 e. The Balaban J connectivity index is 2.10. The quantitative estimate of drug-likeness (QED) is 0.600. The smallest absolute Gasteiger partial charge is 0.322 e. The molecule has 0 saturated heterocycles. The first-order valence-corrected chi connectivity index (χ1v) is 7.04. The monoisotopic (exact) mass is 307 g/mol. The summed E-state index contributed by atoms with van der Waals surface area (Å²) in [6, 6.07) is 3.53. The highest BCUT2D eigenvalue weighted by atomic mass is 35.5. The second-order valence-electron chi connectivity index (χ2n) is 3.74. The van der Waals surface area contributed by atoms with Gasteiger partial charge in [0.25, 0.3) is 0 Å². The van der Waals surface area contributed by atoms with E-state index in [-0.39, 0.29) is 5.75 Å². The SMILES string of the molecule is CCn1c(SCCC(F)(F)Cl)nnc1-c1ccco1. The molecule has 0 aliphatic carbocycles. The molecule has 0 bridgehead atoms. The molecule has 0 radical (unpaired) electrons. The standard InChI is InChI=1S/C11H12ClF2N3OS/c1-2-17-9(8-4-3-6-18-8)15-16-10(17)19-7-5-11(12,13)14/h3-4,6H,2,5,7H2,1H3. The molecular weight excluding hydrogens is 296 g/mol.